The van der Waals surface area contributed by atoms with Crippen molar-refractivity contribution in [3.63, 3.8) is 0 Å². The van der Waals surface area contributed by atoms with Crippen LogP contribution in [0.3, 0.4) is 0 Å². The SMILES string of the molecule is CCNC(=NCc1csc(N(C)C)n1)NCC1(C)CCCC1.I. The molecule has 0 unspecified atom stereocenters. The molecule has 23 heavy (non-hydrogen) atoms. The van der Waals surface area contributed by atoms with Crippen molar-refractivity contribution in [3.8, 4) is 0 Å². The van der Waals surface area contributed by atoms with E-state index in [1.54, 1.807) is 11.3 Å². The van der Waals surface area contributed by atoms with Gasteiger partial charge in [-0.15, -0.1) is 35.3 Å². The molecule has 1 heterocycles. The van der Waals surface area contributed by atoms with Crippen LogP contribution in [0, 0.1) is 5.41 Å². The van der Waals surface area contributed by atoms with Crippen LogP contribution in [0.15, 0.2) is 10.4 Å². The van der Waals surface area contributed by atoms with Crippen LogP contribution in [0.1, 0.15) is 45.2 Å². The summed E-state index contributed by atoms with van der Waals surface area (Å²) < 4.78 is 0. The summed E-state index contributed by atoms with van der Waals surface area (Å²) in [5.41, 5.74) is 1.45. The minimum atomic E-state index is 0. The van der Waals surface area contributed by atoms with Gasteiger partial charge in [-0.3, -0.25) is 0 Å². The topological polar surface area (TPSA) is 52.6 Å². The average molecular weight is 451 g/mol. The van der Waals surface area contributed by atoms with Gasteiger partial charge in [0.1, 0.15) is 0 Å². The number of aromatic nitrogens is 1. The van der Waals surface area contributed by atoms with Crippen LogP contribution in [-0.4, -0.2) is 38.1 Å². The lowest BCUT2D eigenvalue weighted by Gasteiger charge is -2.25. The van der Waals surface area contributed by atoms with Crippen LogP contribution in [0.2, 0.25) is 0 Å². The highest BCUT2D eigenvalue weighted by Gasteiger charge is 2.28. The molecule has 132 valence electrons. The predicted molar refractivity (Wildman–Crippen MR) is 111 cm³/mol. The molecule has 7 heteroatoms. The molecule has 5 nitrogen and oxygen atoms in total. The first kappa shape index (κ1) is 20.5. The zero-order valence-corrected chi connectivity index (χ0v) is 17.8. The fourth-order valence-electron chi connectivity index (χ4n) is 2.78. The standard InChI is InChI=1S/C16H29N5S.HI/c1-5-17-14(19-12-16(2)8-6-7-9-16)18-10-13-11-22-15(20-13)21(3)4;/h11H,5-10,12H2,1-4H3,(H2,17,18,19);1H. The van der Waals surface area contributed by atoms with Crippen LogP contribution >= 0.6 is 35.3 Å². The molecular weight excluding hydrogens is 421 g/mol. The first-order chi connectivity index (χ1) is 10.5. The van der Waals surface area contributed by atoms with Gasteiger partial charge in [-0.25, -0.2) is 9.98 Å². The van der Waals surface area contributed by atoms with Crippen LogP contribution in [0.5, 0.6) is 0 Å². The number of thiazole rings is 1. The molecule has 1 aromatic heterocycles. The van der Waals surface area contributed by atoms with Gasteiger partial charge in [-0.05, 0) is 25.2 Å². The fourth-order valence-corrected chi connectivity index (χ4v) is 3.53. The van der Waals surface area contributed by atoms with Crippen molar-refractivity contribution in [3.05, 3.63) is 11.1 Å². The molecular formula is C16H30IN5S. The van der Waals surface area contributed by atoms with E-state index in [-0.39, 0.29) is 24.0 Å². The van der Waals surface area contributed by atoms with E-state index in [0.29, 0.717) is 12.0 Å². The van der Waals surface area contributed by atoms with Crippen molar-refractivity contribution >= 4 is 46.4 Å². The number of guanidine groups is 1. The Labute approximate surface area is 161 Å². The third kappa shape index (κ3) is 6.45. The molecule has 2 N–H and O–H groups in total. The van der Waals surface area contributed by atoms with Crippen LogP contribution in [0.25, 0.3) is 0 Å². The maximum absolute atomic E-state index is 4.67. The van der Waals surface area contributed by atoms with Crippen molar-refractivity contribution < 1.29 is 0 Å². The number of hydrogen-bond acceptors (Lipinski definition) is 4. The summed E-state index contributed by atoms with van der Waals surface area (Å²) in [6, 6.07) is 0. The lowest BCUT2D eigenvalue weighted by molar-refractivity contribution is 0.334. The van der Waals surface area contributed by atoms with Gasteiger partial charge in [0, 0.05) is 32.6 Å². The molecule has 1 fully saturated rings. The number of halogens is 1. The second kappa shape index (κ2) is 9.66. The molecule has 1 saturated carbocycles. The molecule has 0 spiro atoms. The first-order valence-corrected chi connectivity index (χ1v) is 9.04. The highest BCUT2D eigenvalue weighted by molar-refractivity contribution is 14.0. The number of rotatable bonds is 6. The summed E-state index contributed by atoms with van der Waals surface area (Å²) in [6.07, 6.45) is 5.35. The number of aliphatic imine (C=N–C) groups is 1. The smallest absolute Gasteiger partial charge is 0.191 e. The maximum Gasteiger partial charge on any atom is 0.191 e. The highest BCUT2D eigenvalue weighted by Crippen LogP contribution is 2.36. The Hall–Kier alpha value is -0.570. The van der Waals surface area contributed by atoms with Crippen molar-refractivity contribution in [2.45, 2.75) is 46.1 Å². The summed E-state index contributed by atoms with van der Waals surface area (Å²) in [5, 5.41) is 9.95. The molecule has 0 aromatic carbocycles. The summed E-state index contributed by atoms with van der Waals surface area (Å²) >= 11 is 1.66. The number of anilines is 1. The molecule has 1 aliphatic rings. The van der Waals surface area contributed by atoms with Crippen LogP contribution in [0.4, 0.5) is 5.13 Å². The first-order valence-electron chi connectivity index (χ1n) is 8.16. The van der Waals surface area contributed by atoms with Gasteiger partial charge in [-0.2, -0.15) is 0 Å². The second-order valence-corrected chi connectivity index (χ2v) is 7.42. The summed E-state index contributed by atoms with van der Waals surface area (Å²) in [4.78, 5) is 11.3. The normalized spacial score (nSPS) is 16.8. The van der Waals surface area contributed by atoms with Crippen LogP contribution < -0.4 is 15.5 Å². The Balaban J connectivity index is 0.00000264. The zero-order valence-electron chi connectivity index (χ0n) is 14.7. The van der Waals surface area contributed by atoms with Crippen molar-refractivity contribution in [2.24, 2.45) is 10.4 Å². The molecule has 0 amide bonds. The quantitative estimate of drug-likeness (QED) is 0.395. The Morgan fingerprint density at radius 3 is 2.61 bits per heavy atom. The van der Waals surface area contributed by atoms with Gasteiger partial charge in [0.05, 0.1) is 12.2 Å². The fraction of sp³-hybridized carbons (Fsp3) is 0.750. The lowest BCUT2D eigenvalue weighted by Crippen LogP contribution is -2.42. The molecule has 0 saturated heterocycles. The maximum atomic E-state index is 4.67. The van der Waals surface area contributed by atoms with Gasteiger partial charge >= 0.3 is 0 Å². The van der Waals surface area contributed by atoms with Crippen LogP contribution in [-0.2, 0) is 6.54 Å². The van der Waals surface area contributed by atoms with Gasteiger partial charge in [0.2, 0.25) is 0 Å². The van der Waals surface area contributed by atoms with Crippen molar-refractivity contribution in [1.82, 2.24) is 15.6 Å². The minimum Gasteiger partial charge on any atom is -0.357 e. The van der Waals surface area contributed by atoms with Crippen molar-refractivity contribution in [1.29, 1.82) is 0 Å². The van der Waals surface area contributed by atoms with Crippen molar-refractivity contribution in [2.75, 3.05) is 32.1 Å². The molecule has 2 rings (SSSR count). The average Bonchev–Trinajstić information content (AvgIpc) is 3.11. The van der Waals surface area contributed by atoms with E-state index in [0.717, 1.165) is 29.9 Å². The van der Waals surface area contributed by atoms with E-state index >= 15 is 0 Å². The third-order valence-corrected chi connectivity index (χ3v) is 5.22. The molecule has 0 radical (unpaired) electrons. The van der Waals surface area contributed by atoms with Gasteiger partial charge < -0.3 is 15.5 Å². The number of nitrogens with zero attached hydrogens (tertiary/aromatic N) is 3. The van der Waals surface area contributed by atoms with Gasteiger partial charge in [0.15, 0.2) is 11.1 Å². The molecule has 1 aliphatic carbocycles. The summed E-state index contributed by atoms with van der Waals surface area (Å²) in [5.74, 6) is 0.898. The summed E-state index contributed by atoms with van der Waals surface area (Å²) in [7, 11) is 4.03. The number of nitrogens with one attached hydrogen (secondary N) is 2. The lowest BCUT2D eigenvalue weighted by atomic mass is 9.89. The van der Waals surface area contributed by atoms with E-state index in [9.17, 15) is 0 Å². The van der Waals surface area contributed by atoms with E-state index in [1.807, 2.05) is 19.0 Å². The van der Waals surface area contributed by atoms with E-state index in [1.165, 1.54) is 25.7 Å². The molecule has 0 aliphatic heterocycles. The van der Waals surface area contributed by atoms with E-state index in [2.05, 4.69) is 39.8 Å². The van der Waals surface area contributed by atoms with E-state index in [4.69, 9.17) is 0 Å². The van der Waals surface area contributed by atoms with E-state index < -0.39 is 0 Å². The molecule has 0 bridgehead atoms. The summed E-state index contributed by atoms with van der Waals surface area (Å²) in [6.45, 7) is 6.97. The minimum absolute atomic E-state index is 0. The third-order valence-electron chi connectivity index (χ3n) is 4.16. The number of hydrogen-bond donors (Lipinski definition) is 2. The second-order valence-electron chi connectivity index (χ2n) is 6.58. The molecule has 0 atom stereocenters. The largest absolute Gasteiger partial charge is 0.357 e. The monoisotopic (exact) mass is 451 g/mol. The Bertz CT molecular complexity index is 494. The Morgan fingerprint density at radius 1 is 1.35 bits per heavy atom. The predicted octanol–water partition coefficient (Wildman–Crippen LogP) is 3.46. The highest BCUT2D eigenvalue weighted by atomic mass is 127. The Morgan fingerprint density at radius 2 is 2.04 bits per heavy atom. The van der Waals surface area contributed by atoms with Gasteiger partial charge in [-0.1, -0.05) is 19.8 Å². The van der Waals surface area contributed by atoms with Gasteiger partial charge in [0.25, 0.3) is 0 Å². The molecule has 1 aromatic rings. The Kier molecular flexibility index (Phi) is 8.60. The zero-order chi connectivity index (χ0) is 16.0.